The lowest BCUT2D eigenvalue weighted by Gasteiger charge is -2.14. The molecular weight excluding hydrogens is 364 g/mol. The van der Waals surface area contributed by atoms with Gasteiger partial charge in [-0.2, -0.15) is 0 Å². The Hall–Kier alpha value is -3.60. The van der Waals surface area contributed by atoms with E-state index in [0.717, 1.165) is 52.4 Å². The molecular formula is C24H20N2O3. The summed E-state index contributed by atoms with van der Waals surface area (Å²) in [6.45, 7) is 3.62. The van der Waals surface area contributed by atoms with Crippen molar-refractivity contribution >= 4 is 11.6 Å². The minimum atomic E-state index is -0.180. The fourth-order valence-corrected chi connectivity index (χ4v) is 3.97. The van der Waals surface area contributed by atoms with Crippen LogP contribution in [0.25, 0.3) is 22.6 Å². The Morgan fingerprint density at radius 1 is 1.03 bits per heavy atom. The molecule has 5 nitrogen and oxygen atoms in total. The largest absolute Gasteiger partial charge is 0.466 e. The number of anilines is 1. The lowest BCUT2D eigenvalue weighted by atomic mass is 9.88. The summed E-state index contributed by atoms with van der Waals surface area (Å²) in [6.07, 6.45) is 1.89. The Morgan fingerprint density at radius 3 is 2.59 bits per heavy atom. The van der Waals surface area contributed by atoms with Gasteiger partial charge in [-0.1, -0.05) is 29.4 Å². The molecule has 0 spiro atoms. The summed E-state index contributed by atoms with van der Waals surface area (Å²) in [5.41, 5.74) is 6.76. The number of furan rings is 1. The number of hydrogen-bond acceptors (Lipinski definition) is 4. The predicted octanol–water partition coefficient (Wildman–Crippen LogP) is 5.57. The van der Waals surface area contributed by atoms with Crippen LogP contribution >= 0.6 is 0 Å². The first-order valence-corrected chi connectivity index (χ1v) is 9.66. The molecule has 0 atom stereocenters. The first-order chi connectivity index (χ1) is 14.1. The zero-order valence-corrected chi connectivity index (χ0v) is 16.3. The number of amides is 1. The minimum Gasteiger partial charge on any atom is -0.466 e. The molecule has 144 valence electrons. The molecule has 1 amide bonds. The number of fused-ring (bicyclic) bond motifs is 3. The Morgan fingerprint density at radius 2 is 1.83 bits per heavy atom. The smallest absolute Gasteiger partial charge is 0.259 e. The highest BCUT2D eigenvalue weighted by Crippen LogP contribution is 2.38. The van der Waals surface area contributed by atoms with E-state index in [1.54, 1.807) is 13.0 Å². The van der Waals surface area contributed by atoms with Gasteiger partial charge in [0.15, 0.2) is 5.76 Å². The summed E-state index contributed by atoms with van der Waals surface area (Å²) in [5.74, 6) is 1.96. The highest BCUT2D eigenvalue weighted by atomic mass is 16.5. The summed E-state index contributed by atoms with van der Waals surface area (Å²) in [5, 5.41) is 7.26. The van der Waals surface area contributed by atoms with Crippen LogP contribution in [0.5, 0.6) is 0 Å². The second kappa shape index (κ2) is 6.78. The standard InChI is InChI=1S/C24H20N2O3/c1-14-13-21(15(2)28-14)24(27)25-18-10-7-17(8-11-18)23-20-12-9-16-5-3-4-6-19(16)22(20)26-29-23/h3-8,10-11,13H,9,12H2,1-2H3,(H,25,27). The quantitative estimate of drug-likeness (QED) is 0.501. The fraction of sp³-hybridized carbons (Fsp3) is 0.167. The lowest BCUT2D eigenvalue weighted by Crippen LogP contribution is -2.11. The molecule has 1 N–H and O–H groups in total. The van der Waals surface area contributed by atoms with Gasteiger partial charge in [-0.15, -0.1) is 0 Å². The highest BCUT2D eigenvalue weighted by molar-refractivity contribution is 6.05. The molecule has 0 radical (unpaired) electrons. The van der Waals surface area contributed by atoms with E-state index in [4.69, 9.17) is 8.94 Å². The number of nitrogens with one attached hydrogen (secondary N) is 1. The Labute approximate surface area is 168 Å². The van der Waals surface area contributed by atoms with E-state index in [1.807, 2.05) is 37.3 Å². The van der Waals surface area contributed by atoms with Gasteiger partial charge in [-0.05, 0) is 62.6 Å². The van der Waals surface area contributed by atoms with E-state index in [1.165, 1.54) is 5.56 Å². The number of nitrogens with zero attached hydrogens (tertiary/aromatic N) is 1. The summed E-state index contributed by atoms with van der Waals surface area (Å²) in [7, 11) is 0. The number of carbonyl (C=O) groups excluding carboxylic acids is 1. The van der Waals surface area contributed by atoms with Crippen molar-refractivity contribution in [3.63, 3.8) is 0 Å². The van der Waals surface area contributed by atoms with Crippen LogP contribution in [0.2, 0.25) is 0 Å². The molecule has 29 heavy (non-hydrogen) atoms. The maximum atomic E-state index is 12.5. The van der Waals surface area contributed by atoms with Crippen LogP contribution in [0.4, 0.5) is 5.69 Å². The molecule has 2 aromatic carbocycles. The van der Waals surface area contributed by atoms with Crippen LogP contribution < -0.4 is 5.32 Å². The van der Waals surface area contributed by atoms with E-state index >= 15 is 0 Å². The average Bonchev–Trinajstić information content (AvgIpc) is 3.31. The van der Waals surface area contributed by atoms with Crippen molar-refractivity contribution in [1.29, 1.82) is 0 Å². The van der Waals surface area contributed by atoms with Crippen molar-refractivity contribution in [3.8, 4) is 22.6 Å². The van der Waals surface area contributed by atoms with E-state index in [0.29, 0.717) is 11.3 Å². The second-order valence-electron chi connectivity index (χ2n) is 7.35. The number of carbonyl (C=O) groups is 1. The molecule has 0 bridgehead atoms. The van der Waals surface area contributed by atoms with Crippen LogP contribution in [0.1, 0.15) is 33.0 Å². The first kappa shape index (κ1) is 17.5. The van der Waals surface area contributed by atoms with Gasteiger partial charge in [-0.25, -0.2) is 0 Å². The van der Waals surface area contributed by atoms with Crippen LogP contribution in [-0.4, -0.2) is 11.1 Å². The van der Waals surface area contributed by atoms with E-state index < -0.39 is 0 Å². The van der Waals surface area contributed by atoms with Gasteiger partial charge in [0.25, 0.3) is 5.91 Å². The van der Waals surface area contributed by atoms with E-state index in [2.05, 4.69) is 28.7 Å². The van der Waals surface area contributed by atoms with Gasteiger partial charge >= 0.3 is 0 Å². The number of hydrogen-bond donors (Lipinski definition) is 1. The van der Waals surface area contributed by atoms with Crippen molar-refractivity contribution < 1.29 is 13.7 Å². The Kier molecular flexibility index (Phi) is 4.09. The third-order valence-electron chi connectivity index (χ3n) is 5.40. The molecule has 0 fully saturated rings. The number of rotatable bonds is 3. The van der Waals surface area contributed by atoms with Gasteiger partial charge < -0.3 is 14.3 Å². The SMILES string of the molecule is Cc1cc(C(=O)Nc2ccc(-c3onc4c3CCc3ccccc3-4)cc2)c(C)o1. The molecule has 0 aliphatic heterocycles. The highest BCUT2D eigenvalue weighted by Gasteiger charge is 2.24. The summed E-state index contributed by atoms with van der Waals surface area (Å²) in [6, 6.07) is 17.7. The van der Waals surface area contributed by atoms with Crippen LogP contribution in [0, 0.1) is 13.8 Å². The van der Waals surface area contributed by atoms with Crippen LogP contribution in [-0.2, 0) is 12.8 Å². The average molecular weight is 384 g/mol. The minimum absolute atomic E-state index is 0.180. The molecule has 5 rings (SSSR count). The van der Waals surface area contributed by atoms with Crippen LogP contribution in [0.3, 0.4) is 0 Å². The predicted molar refractivity (Wildman–Crippen MR) is 111 cm³/mol. The zero-order chi connectivity index (χ0) is 20.0. The number of aryl methyl sites for hydroxylation is 3. The van der Waals surface area contributed by atoms with Gasteiger partial charge in [0.1, 0.15) is 17.2 Å². The molecule has 1 aliphatic carbocycles. The topological polar surface area (TPSA) is 68.3 Å². The van der Waals surface area contributed by atoms with Crippen molar-refractivity contribution in [2.75, 3.05) is 5.32 Å². The molecule has 5 heteroatoms. The normalized spacial score (nSPS) is 12.3. The monoisotopic (exact) mass is 384 g/mol. The number of aromatic nitrogens is 1. The van der Waals surface area contributed by atoms with Gasteiger partial charge in [0.05, 0.1) is 5.56 Å². The summed E-state index contributed by atoms with van der Waals surface area (Å²) >= 11 is 0. The third kappa shape index (κ3) is 3.05. The molecule has 2 heterocycles. The Bertz CT molecular complexity index is 1220. The fourth-order valence-electron chi connectivity index (χ4n) is 3.97. The van der Waals surface area contributed by atoms with Crippen molar-refractivity contribution in [3.05, 3.63) is 82.8 Å². The summed E-state index contributed by atoms with van der Waals surface area (Å²) in [4.78, 5) is 12.5. The third-order valence-corrected chi connectivity index (χ3v) is 5.40. The van der Waals surface area contributed by atoms with Crippen molar-refractivity contribution in [2.45, 2.75) is 26.7 Å². The van der Waals surface area contributed by atoms with E-state index in [-0.39, 0.29) is 5.91 Å². The maximum Gasteiger partial charge on any atom is 0.259 e. The van der Waals surface area contributed by atoms with Gasteiger partial charge in [0, 0.05) is 22.4 Å². The molecule has 2 aromatic heterocycles. The maximum absolute atomic E-state index is 12.5. The molecule has 4 aromatic rings. The molecule has 0 saturated carbocycles. The zero-order valence-electron chi connectivity index (χ0n) is 16.3. The molecule has 0 unspecified atom stereocenters. The van der Waals surface area contributed by atoms with E-state index in [9.17, 15) is 4.79 Å². The molecule has 1 aliphatic rings. The van der Waals surface area contributed by atoms with Crippen LogP contribution in [0.15, 0.2) is 63.5 Å². The summed E-state index contributed by atoms with van der Waals surface area (Å²) < 4.78 is 11.2. The second-order valence-corrected chi connectivity index (χ2v) is 7.35. The number of benzene rings is 2. The van der Waals surface area contributed by atoms with Gasteiger partial charge in [0.2, 0.25) is 0 Å². The first-order valence-electron chi connectivity index (χ1n) is 9.66. The Balaban J connectivity index is 1.40. The molecule has 0 saturated heterocycles. The lowest BCUT2D eigenvalue weighted by molar-refractivity contribution is 0.102. The van der Waals surface area contributed by atoms with Crippen molar-refractivity contribution in [2.24, 2.45) is 0 Å². The van der Waals surface area contributed by atoms with Crippen molar-refractivity contribution in [1.82, 2.24) is 5.16 Å². The van der Waals surface area contributed by atoms with Gasteiger partial charge in [-0.3, -0.25) is 4.79 Å².